The second-order valence-corrected chi connectivity index (χ2v) is 3.11. The molecule has 1 aliphatic rings. The number of carbonyl (C=O) groups excluding carboxylic acids is 2. The van der Waals surface area contributed by atoms with Crippen LogP contribution in [-0.2, 0) is 4.74 Å². The maximum Gasteiger partial charge on any atom is 0.324 e. The molecule has 4 amide bonds. The van der Waals surface area contributed by atoms with Gasteiger partial charge in [0, 0.05) is 6.42 Å². The van der Waals surface area contributed by atoms with E-state index in [1.54, 1.807) is 5.32 Å². The van der Waals surface area contributed by atoms with E-state index in [2.05, 4.69) is 5.32 Å². The number of carbonyl (C=O) groups is 2. The average molecular weight is 219 g/mol. The summed E-state index contributed by atoms with van der Waals surface area (Å²) in [6.07, 6.45) is -2.15. The molecule has 0 aromatic heterocycles. The quantitative estimate of drug-likeness (QED) is 0.360. The molecule has 0 unspecified atom stereocenters. The molecule has 1 rings (SSSR count). The molecule has 1 fully saturated rings. The van der Waals surface area contributed by atoms with E-state index in [1.807, 2.05) is 0 Å². The molecule has 15 heavy (non-hydrogen) atoms. The number of aliphatic hydroxyl groups is 2. The average Bonchev–Trinajstić information content (AvgIpc) is 2.44. The molecule has 8 nitrogen and oxygen atoms in total. The van der Waals surface area contributed by atoms with E-state index >= 15 is 0 Å². The Morgan fingerprint density at radius 1 is 1.53 bits per heavy atom. The first kappa shape index (κ1) is 11.7. The van der Waals surface area contributed by atoms with Gasteiger partial charge in [-0.3, -0.25) is 5.32 Å². The summed E-state index contributed by atoms with van der Waals surface area (Å²) in [6, 6.07) is -1.79. The largest absolute Gasteiger partial charge is 0.394 e. The number of nitrogens with one attached hydrogen (secondary N) is 2. The van der Waals surface area contributed by atoms with Crippen molar-refractivity contribution in [3.05, 3.63) is 0 Å². The highest BCUT2D eigenvalue weighted by molar-refractivity contribution is 5.92. The van der Waals surface area contributed by atoms with Gasteiger partial charge >= 0.3 is 12.1 Å². The summed E-state index contributed by atoms with van der Waals surface area (Å²) < 4.78 is 5.05. The highest BCUT2D eigenvalue weighted by Crippen LogP contribution is 2.17. The summed E-state index contributed by atoms with van der Waals surface area (Å²) in [6.45, 7) is -0.337. The summed E-state index contributed by atoms with van der Waals surface area (Å²) in [5.74, 6) is 0. The Morgan fingerprint density at radius 3 is 2.67 bits per heavy atom. The molecule has 0 aromatic rings. The molecule has 6 N–H and O–H groups in total. The van der Waals surface area contributed by atoms with Crippen molar-refractivity contribution in [3.8, 4) is 0 Å². The van der Waals surface area contributed by atoms with Crippen molar-refractivity contribution in [2.24, 2.45) is 5.73 Å². The van der Waals surface area contributed by atoms with Gasteiger partial charge in [0.1, 0.15) is 12.3 Å². The second-order valence-electron chi connectivity index (χ2n) is 3.11. The van der Waals surface area contributed by atoms with Crippen LogP contribution >= 0.6 is 0 Å². The van der Waals surface area contributed by atoms with Gasteiger partial charge in [-0.15, -0.1) is 0 Å². The van der Waals surface area contributed by atoms with E-state index in [4.69, 9.17) is 15.6 Å². The molecule has 1 saturated heterocycles. The van der Waals surface area contributed by atoms with Crippen LogP contribution in [-0.4, -0.2) is 47.3 Å². The number of hydrogen-bond acceptors (Lipinski definition) is 5. The Bertz CT molecular complexity index is 259. The van der Waals surface area contributed by atoms with Crippen molar-refractivity contribution in [3.63, 3.8) is 0 Å². The van der Waals surface area contributed by atoms with E-state index in [0.717, 1.165) is 0 Å². The molecule has 8 heteroatoms. The molecule has 86 valence electrons. The zero-order chi connectivity index (χ0) is 11.4. The maximum atomic E-state index is 11.0. The fourth-order valence-electron chi connectivity index (χ4n) is 1.28. The zero-order valence-corrected chi connectivity index (χ0v) is 7.84. The number of nitrogens with two attached hydrogens (primary N) is 1. The van der Waals surface area contributed by atoms with Gasteiger partial charge in [-0.25, -0.2) is 9.59 Å². The first-order valence-electron chi connectivity index (χ1n) is 4.34. The van der Waals surface area contributed by atoms with Gasteiger partial charge in [0.15, 0.2) is 0 Å². The number of amides is 4. The zero-order valence-electron chi connectivity index (χ0n) is 7.84. The molecule has 1 heterocycles. The minimum absolute atomic E-state index is 0.150. The monoisotopic (exact) mass is 219 g/mol. The van der Waals surface area contributed by atoms with Gasteiger partial charge in [-0.1, -0.05) is 0 Å². The van der Waals surface area contributed by atoms with Crippen LogP contribution in [0.2, 0.25) is 0 Å². The highest BCUT2D eigenvalue weighted by Gasteiger charge is 2.34. The third-order valence-corrected chi connectivity index (χ3v) is 1.93. The fourth-order valence-corrected chi connectivity index (χ4v) is 1.28. The molecule has 0 aromatic carbocycles. The molecule has 0 saturated carbocycles. The van der Waals surface area contributed by atoms with Crippen molar-refractivity contribution in [1.29, 1.82) is 0 Å². The Balaban J connectivity index is 2.35. The molecule has 0 spiro atoms. The predicted octanol–water partition coefficient (Wildman–Crippen LogP) is -2.17. The number of imide groups is 1. The van der Waals surface area contributed by atoms with Crippen molar-refractivity contribution in [1.82, 2.24) is 10.6 Å². The number of aliphatic hydroxyl groups excluding tert-OH is 2. The minimum Gasteiger partial charge on any atom is -0.394 e. The number of rotatable bonds is 2. The molecular formula is C7H13N3O5. The molecule has 0 radical (unpaired) electrons. The molecule has 3 atom stereocenters. The lowest BCUT2D eigenvalue weighted by atomic mass is 10.2. The highest BCUT2D eigenvalue weighted by atomic mass is 16.5. The van der Waals surface area contributed by atoms with E-state index < -0.39 is 30.5 Å². The summed E-state index contributed by atoms with van der Waals surface area (Å²) in [4.78, 5) is 21.3. The Hall–Kier alpha value is -1.38. The van der Waals surface area contributed by atoms with Gasteiger partial charge in [0.05, 0.1) is 12.7 Å². The standard InChI is InChI=1S/C7H13N3O5/c8-6(13)10-7(14)9-5-1-3(12)4(2-11)15-5/h3-5,11-12H,1-2H2,(H4,8,9,10,13,14)/t3-,4+,5+/m0/s1. The number of primary amides is 1. The summed E-state index contributed by atoms with van der Waals surface area (Å²) in [5, 5.41) is 22.1. The van der Waals surface area contributed by atoms with Crippen LogP contribution in [0.4, 0.5) is 9.59 Å². The maximum absolute atomic E-state index is 11.0. The van der Waals surface area contributed by atoms with Crippen molar-refractivity contribution in [2.45, 2.75) is 24.9 Å². The van der Waals surface area contributed by atoms with Crippen LogP contribution in [0.5, 0.6) is 0 Å². The minimum atomic E-state index is -0.982. The normalized spacial score (nSPS) is 29.9. The van der Waals surface area contributed by atoms with Crippen LogP contribution in [0.3, 0.4) is 0 Å². The smallest absolute Gasteiger partial charge is 0.324 e. The third kappa shape index (κ3) is 3.35. The van der Waals surface area contributed by atoms with Gasteiger partial charge in [0.25, 0.3) is 0 Å². The van der Waals surface area contributed by atoms with Gasteiger partial charge in [-0.05, 0) is 0 Å². The SMILES string of the molecule is NC(=O)NC(=O)N[C@H]1C[C@H](O)[C@@H](CO)O1. The molecule has 1 aliphatic heterocycles. The van der Waals surface area contributed by atoms with E-state index in [0.29, 0.717) is 0 Å². The summed E-state index contributed by atoms with van der Waals surface area (Å²) >= 11 is 0. The van der Waals surface area contributed by atoms with Gasteiger partial charge in [-0.2, -0.15) is 0 Å². The van der Waals surface area contributed by atoms with Crippen LogP contribution in [0.25, 0.3) is 0 Å². The van der Waals surface area contributed by atoms with Crippen LogP contribution in [0, 0.1) is 0 Å². The van der Waals surface area contributed by atoms with Crippen LogP contribution < -0.4 is 16.4 Å². The van der Waals surface area contributed by atoms with Crippen molar-refractivity contribution >= 4 is 12.1 Å². The number of ether oxygens (including phenoxy) is 1. The van der Waals surface area contributed by atoms with Gasteiger partial charge < -0.3 is 26.0 Å². The van der Waals surface area contributed by atoms with Crippen molar-refractivity contribution < 1.29 is 24.5 Å². The number of urea groups is 2. The Morgan fingerprint density at radius 2 is 2.20 bits per heavy atom. The first-order chi connectivity index (χ1) is 7.02. The van der Waals surface area contributed by atoms with Crippen molar-refractivity contribution in [2.75, 3.05) is 6.61 Å². The lowest BCUT2D eigenvalue weighted by Crippen LogP contribution is -2.46. The van der Waals surface area contributed by atoms with Gasteiger partial charge in [0.2, 0.25) is 0 Å². The predicted molar refractivity (Wildman–Crippen MR) is 47.6 cm³/mol. The van der Waals surface area contributed by atoms with Crippen LogP contribution in [0.15, 0.2) is 0 Å². The summed E-state index contributed by atoms with van der Waals surface area (Å²) in [7, 11) is 0. The molecule has 0 aliphatic carbocycles. The third-order valence-electron chi connectivity index (χ3n) is 1.93. The van der Waals surface area contributed by atoms with E-state index in [1.165, 1.54) is 0 Å². The first-order valence-corrected chi connectivity index (χ1v) is 4.34. The Labute approximate surface area is 85.4 Å². The summed E-state index contributed by atoms with van der Waals surface area (Å²) in [5.41, 5.74) is 4.71. The number of hydrogen-bond donors (Lipinski definition) is 5. The topological polar surface area (TPSA) is 134 Å². The Kier molecular flexibility index (Phi) is 3.83. The van der Waals surface area contributed by atoms with Crippen LogP contribution in [0.1, 0.15) is 6.42 Å². The lowest BCUT2D eigenvalue weighted by Gasteiger charge is -2.13. The van der Waals surface area contributed by atoms with E-state index in [-0.39, 0.29) is 13.0 Å². The fraction of sp³-hybridized carbons (Fsp3) is 0.714. The molecular weight excluding hydrogens is 206 g/mol. The van der Waals surface area contributed by atoms with E-state index in [9.17, 15) is 14.7 Å². The second kappa shape index (κ2) is 4.91. The lowest BCUT2D eigenvalue weighted by molar-refractivity contribution is -0.0272. The molecule has 0 bridgehead atoms.